The summed E-state index contributed by atoms with van der Waals surface area (Å²) >= 11 is 0. The second-order valence-corrected chi connectivity index (χ2v) is 5.57. The molecule has 126 valence electrons. The summed E-state index contributed by atoms with van der Waals surface area (Å²) in [5.41, 5.74) is -0.616. The molecule has 0 aliphatic carbocycles. The first-order valence-electron chi connectivity index (χ1n) is 6.84. The number of amides is 1. The number of phenols is 1. The summed E-state index contributed by atoms with van der Waals surface area (Å²) in [5.74, 6) is -0.708. The zero-order valence-corrected chi connectivity index (χ0v) is 13.8. The molecule has 0 saturated heterocycles. The number of hydrogen-bond acceptors (Lipinski definition) is 6. The number of hydrogen-bond donors (Lipinski definition) is 2. The summed E-state index contributed by atoms with van der Waals surface area (Å²) < 4.78 is 14.7. The van der Waals surface area contributed by atoms with Crippen molar-refractivity contribution in [3.8, 4) is 11.5 Å². The number of nitrogens with one attached hydrogen (secondary N) is 1. The average molecular weight is 323 g/mol. The van der Waals surface area contributed by atoms with Gasteiger partial charge in [-0.3, -0.25) is 5.32 Å². The van der Waals surface area contributed by atoms with Gasteiger partial charge in [0.05, 0.1) is 14.2 Å². The molecule has 2 N–H and O–H groups in total. The second-order valence-electron chi connectivity index (χ2n) is 5.57. The van der Waals surface area contributed by atoms with Crippen molar-refractivity contribution in [3.05, 3.63) is 29.5 Å². The van der Waals surface area contributed by atoms with E-state index in [9.17, 15) is 14.7 Å². The number of phenolic OH excluding ortho intramolecular Hbond substituents is 1. The number of carbonyl (C=O) groups is 2. The van der Waals surface area contributed by atoms with Gasteiger partial charge < -0.3 is 19.3 Å². The fourth-order valence-electron chi connectivity index (χ4n) is 1.65. The van der Waals surface area contributed by atoms with Crippen LogP contribution in [0.5, 0.6) is 11.5 Å². The predicted octanol–water partition coefficient (Wildman–Crippen LogP) is 2.44. The normalized spacial score (nSPS) is 11.6. The highest BCUT2D eigenvalue weighted by atomic mass is 16.6. The van der Waals surface area contributed by atoms with Crippen molar-refractivity contribution in [2.24, 2.45) is 0 Å². The van der Waals surface area contributed by atoms with Gasteiger partial charge in [0.2, 0.25) is 0 Å². The third kappa shape index (κ3) is 5.54. The Labute approximate surface area is 134 Å². The lowest BCUT2D eigenvalue weighted by Gasteiger charge is -2.20. The SMILES string of the molecule is COC(=O)/C(=C/c1cccc(OC)c1O)NC(=O)OC(C)(C)C. The van der Waals surface area contributed by atoms with E-state index < -0.39 is 17.7 Å². The van der Waals surface area contributed by atoms with Gasteiger partial charge in [-0.15, -0.1) is 0 Å². The van der Waals surface area contributed by atoms with E-state index in [1.807, 2.05) is 0 Å². The van der Waals surface area contributed by atoms with Crippen molar-refractivity contribution >= 4 is 18.1 Å². The van der Waals surface area contributed by atoms with Crippen molar-refractivity contribution in [1.29, 1.82) is 0 Å². The number of ether oxygens (including phenoxy) is 3. The molecule has 0 unspecified atom stereocenters. The van der Waals surface area contributed by atoms with E-state index in [0.717, 1.165) is 0 Å². The zero-order valence-electron chi connectivity index (χ0n) is 13.8. The van der Waals surface area contributed by atoms with Crippen molar-refractivity contribution in [3.63, 3.8) is 0 Å². The van der Waals surface area contributed by atoms with Crippen LogP contribution in [-0.4, -0.2) is 37.0 Å². The van der Waals surface area contributed by atoms with Crippen molar-refractivity contribution in [2.45, 2.75) is 26.4 Å². The van der Waals surface area contributed by atoms with E-state index in [0.29, 0.717) is 0 Å². The van der Waals surface area contributed by atoms with Crippen LogP contribution in [0.25, 0.3) is 6.08 Å². The highest BCUT2D eigenvalue weighted by molar-refractivity contribution is 5.97. The van der Waals surface area contributed by atoms with E-state index >= 15 is 0 Å². The fourth-order valence-corrected chi connectivity index (χ4v) is 1.65. The van der Waals surface area contributed by atoms with E-state index in [4.69, 9.17) is 9.47 Å². The Balaban J connectivity index is 3.12. The van der Waals surface area contributed by atoms with Crippen molar-refractivity contribution < 1.29 is 28.9 Å². The molecule has 0 bridgehead atoms. The molecule has 0 heterocycles. The molecule has 0 aromatic heterocycles. The Morgan fingerprint density at radius 1 is 1.22 bits per heavy atom. The van der Waals surface area contributed by atoms with Crippen LogP contribution >= 0.6 is 0 Å². The molecule has 0 radical (unpaired) electrons. The van der Waals surface area contributed by atoms with Gasteiger partial charge in [0, 0.05) is 5.56 Å². The second kappa shape index (κ2) is 7.53. The number of aromatic hydroxyl groups is 1. The molecule has 0 saturated carbocycles. The number of carbonyl (C=O) groups excluding carboxylic acids is 2. The molecule has 1 aromatic carbocycles. The van der Waals surface area contributed by atoms with E-state index in [1.54, 1.807) is 39.0 Å². The molecule has 0 fully saturated rings. The van der Waals surface area contributed by atoms with E-state index in [-0.39, 0.29) is 22.8 Å². The van der Waals surface area contributed by atoms with Gasteiger partial charge in [-0.05, 0) is 32.9 Å². The summed E-state index contributed by atoms with van der Waals surface area (Å²) in [5, 5.41) is 12.4. The minimum absolute atomic E-state index is 0.164. The van der Waals surface area contributed by atoms with Gasteiger partial charge in [0.25, 0.3) is 0 Å². The van der Waals surface area contributed by atoms with Crippen molar-refractivity contribution in [1.82, 2.24) is 5.32 Å². The molecule has 1 rings (SSSR count). The highest BCUT2D eigenvalue weighted by Crippen LogP contribution is 2.30. The molecule has 1 aromatic rings. The Morgan fingerprint density at radius 3 is 2.39 bits per heavy atom. The number of para-hydroxylation sites is 1. The van der Waals surface area contributed by atoms with E-state index in [2.05, 4.69) is 10.1 Å². The van der Waals surface area contributed by atoms with Crippen LogP contribution in [0.2, 0.25) is 0 Å². The third-order valence-electron chi connectivity index (χ3n) is 2.59. The Morgan fingerprint density at radius 2 is 1.87 bits per heavy atom. The van der Waals surface area contributed by atoms with Crippen LogP contribution in [-0.2, 0) is 14.3 Å². The molecule has 7 nitrogen and oxygen atoms in total. The third-order valence-corrected chi connectivity index (χ3v) is 2.59. The smallest absolute Gasteiger partial charge is 0.412 e. The largest absolute Gasteiger partial charge is 0.504 e. The standard InChI is InChI=1S/C16H21NO6/c1-16(2,3)23-15(20)17-11(14(19)22-5)9-10-7-6-8-12(21-4)13(10)18/h6-9,18H,1-5H3,(H,17,20)/b11-9-. The summed E-state index contributed by atoms with van der Waals surface area (Å²) in [6.07, 6.45) is 0.463. The monoisotopic (exact) mass is 323 g/mol. The van der Waals surface area contributed by atoms with Crippen LogP contribution in [0.4, 0.5) is 4.79 Å². The van der Waals surface area contributed by atoms with E-state index in [1.165, 1.54) is 20.3 Å². The Hall–Kier alpha value is -2.70. The zero-order chi connectivity index (χ0) is 17.6. The lowest BCUT2D eigenvalue weighted by molar-refractivity contribution is -0.136. The molecule has 0 atom stereocenters. The maximum Gasteiger partial charge on any atom is 0.412 e. The Kier molecular flexibility index (Phi) is 6.01. The number of rotatable bonds is 4. The molecule has 0 aliphatic rings. The Bertz CT molecular complexity index is 615. The van der Waals surface area contributed by atoms with Gasteiger partial charge in [-0.2, -0.15) is 0 Å². The fraction of sp³-hybridized carbons (Fsp3) is 0.375. The van der Waals surface area contributed by atoms with Crippen LogP contribution in [0.15, 0.2) is 23.9 Å². The molecule has 23 heavy (non-hydrogen) atoms. The predicted molar refractivity (Wildman–Crippen MR) is 84.0 cm³/mol. The number of esters is 1. The minimum Gasteiger partial charge on any atom is -0.504 e. The van der Waals surface area contributed by atoms with Crippen LogP contribution < -0.4 is 10.1 Å². The van der Waals surface area contributed by atoms with Gasteiger partial charge >= 0.3 is 12.1 Å². The highest BCUT2D eigenvalue weighted by Gasteiger charge is 2.20. The van der Waals surface area contributed by atoms with Gasteiger partial charge in [-0.1, -0.05) is 12.1 Å². The van der Waals surface area contributed by atoms with Crippen LogP contribution in [0, 0.1) is 0 Å². The maximum atomic E-state index is 11.8. The first kappa shape index (κ1) is 18.3. The van der Waals surface area contributed by atoms with Crippen LogP contribution in [0.1, 0.15) is 26.3 Å². The number of benzene rings is 1. The quantitative estimate of drug-likeness (QED) is 0.653. The minimum atomic E-state index is -0.809. The summed E-state index contributed by atoms with van der Waals surface area (Å²) in [4.78, 5) is 23.6. The number of methoxy groups -OCH3 is 2. The average Bonchev–Trinajstić information content (AvgIpc) is 2.45. The lowest BCUT2D eigenvalue weighted by atomic mass is 10.1. The van der Waals surface area contributed by atoms with Crippen LogP contribution in [0.3, 0.4) is 0 Å². The van der Waals surface area contributed by atoms with Crippen molar-refractivity contribution in [2.75, 3.05) is 14.2 Å². The first-order valence-corrected chi connectivity index (χ1v) is 6.84. The molecular weight excluding hydrogens is 302 g/mol. The first-order chi connectivity index (χ1) is 10.7. The van der Waals surface area contributed by atoms with Gasteiger partial charge in [0.15, 0.2) is 11.5 Å². The molecule has 0 aliphatic heterocycles. The summed E-state index contributed by atoms with van der Waals surface area (Å²) in [7, 11) is 2.58. The number of alkyl carbamates (subject to hydrolysis) is 1. The maximum absolute atomic E-state index is 11.8. The summed E-state index contributed by atoms with van der Waals surface area (Å²) in [6, 6.07) is 4.75. The van der Waals surface area contributed by atoms with Gasteiger partial charge in [-0.25, -0.2) is 9.59 Å². The molecule has 0 spiro atoms. The summed E-state index contributed by atoms with van der Waals surface area (Å²) in [6.45, 7) is 5.09. The van der Waals surface area contributed by atoms with Gasteiger partial charge in [0.1, 0.15) is 11.3 Å². The lowest BCUT2D eigenvalue weighted by Crippen LogP contribution is -2.34. The molecule has 7 heteroatoms. The molecule has 1 amide bonds. The molecular formula is C16H21NO6. The topological polar surface area (TPSA) is 94.1 Å².